The van der Waals surface area contributed by atoms with Crippen LogP contribution >= 0.6 is 0 Å². The summed E-state index contributed by atoms with van der Waals surface area (Å²) in [6, 6.07) is 11.9. The van der Waals surface area contributed by atoms with E-state index in [2.05, 4.69) is 11.4 Å². The van der Waals surface area contributed by atoms with Crippen molar-refractivity contribution in [3.05, 3.63) is 76.6 Å². The Bertz CT molecular complexity index is 1200. The lowest BCUT2D eigenvalue weighted by atomic mass is 9.87. The van der Waals surface area contributed by atoms with Gasteiger partial charge in [0, 0.05) is 17.7 Å². The molecule has 6 nitrogen and oxygen atoms in total. The number of hydrogen-bond acceptors (Lipinski definition) is 4. The van der Waals surface area contributed by atoms with Gasteiger partial charge in [0.2, 0.25) is 5.91 Å². The first-order valence-corrected chi connectivity index (χ1v) is 11.3. The molecule has 1 saturated carbocycles. The van der Waals surface area contributed by atoms with Crippen molar-refractivity contribution in [1.29, 1.82) is 0 Å². The Labute approximate surface area is 192 Å². The molecule has 2 aliphatic carbocycles. The molecule has 33 heavy (non-hydrogen) atoms. The Kier molecular flexibility index (Phi) is 5.23. The van der Waals surface area contributed by atoms with E-state index in [1.165, 1.54) is 5.56 Å². The van der Waals surface area contributed by atoms with Gasteiger partial charge in [-0.25, -0.2) is 0 Å². The minimum atomic E-state index is -0.864. The average molecular weight is 446 g/mol. The minimum Gasteiger partial charge on any atom is -0.496 e. The minimum absolute atomic E-state index is 0.0101. The second kappa shape index (κ2) is 8.10. The van der Waals surface area contributed by atoms with E-state index in [1.807, 2.05) is 37.3 Å². The number of aryl methyl sites for hydroxylation is 1. The molecular weight excluding hydrogens is 418 g/mol. The number of allylic oxidation sites excluding steroid dienone is 2. The first-order valence-electron chi connectivity index (χ1n) is 11.3. The zero-order valence-electron chi connectivity index (χ0n) is 18.8. The molecule has 1 atom stereocenters. The van der Waals surface area contributed by atoms with Gasteiger partial charge in [-0.3, -0.25) is 9.59 Å². The molecule has 1 amide bonds. The maximum atomic E-state index is 13.4. The standard InChI is InChI=1S/C27H27NO5/c1-16-3-6-20(15-21(16)22-14-18(25(29)30)4-7-24(22)32-2)28-26(31)27(10-11-27)19-5-8-23-17(13-19)9-12-33-23/h3-8,13,15,18H,9-12,14H2,1-2H3,(H,28,31)(H,29,30). The van der Waals surface area contributed by atoms with E-state index in [0.717, 1.165) is 47.3 Å². The molecule has 0 spiro atoms. The van der Waals surface area contributed by atoms with Crippen molar-refractivity contribution in [2.45, 2.75) is 38.0 Å². The number of carboxylic acid groups (broad SMARTS) is 1. The molecule has 6 heteroatoms. The van der Waals surface area contributed by atoms with Crippen LogP contribution in [-0.2, 0) is 26.2 Å². The summed E-state index contributed by atoms with van der Waals surface area (Å²) in [5, 5.41) is 12.6. The third-order valence-electron chi connectivity index (χ3n) is 6.99. The van der Waals surface area contributed by atoms with Gasteiger partial charge in [-0.05, 0) is 72.7 Å². The third kappa shape index (κ3) is 3.80. The number of anilines is 1. The number of fused-ring (bicyclic) bond motifs is 1. The van der Waals surface area contributed by atoms with Crippen LogP contribution in [0.3, 0.4) is 0 Å². The lowest BCUT2D eigenvalue weighted by molar-refractivity contribution is -0.139. The molecule has 0 bridgehead atoms. The number of rotatable bonds is 6. The lowest BCUT2D eigenvalue weighted by Gasteiger charge is -2.22. The lowest BCUT2D eigenvalue weighted by Crippen LogP contribution is -2.28. The summed E-state index contributed by atoms with van der Waals surface area (Å²) in [7, 11) is 1.58. The van der Waals surface area contributed by atoms with Gasteiger partial charge in [0.15, 0.2) is 0 Å². The molecule has 170 valence electrons. The highest BCUT2D eigenvalue weighted by Crippen LogP contribution is 2.50. The second-order valence-corrected chi connectivity index (χ2v) is 9.04. The number of benzene rings is 2. The molecule has 5 rings (SSSR count). The molecule has 0 aromatic heterocycles. The molecule has 0 radical (unpaired) electrons. The summed E-state index contributed by atoms with van der Waals surface area (Å²) in [4.78, 5) is 24.9. The van der Waals surface area contributed by atoms with Crippen molar-refractivity contribution in [3.8, 4) is 5.75 Å². The maximum absolute atomic E-state index is 13.4. The summed E-state index contributed by atoms with van der Waals surface area (Å²) < 4.78 is 11.1. The van der Waals surface area contributed by atoms with Gasteiger partial charge < -0.3 is 19.9 Å². The van der Waals surface area contributed by atoms with Crippen molar-refractivity contribution in [2.75, 3.05) is 19.0 Å². The summed E-state index contributed by atoms with van der Waals surface area (Å²) in [5.74, 6) is 0.0928. The van der Waals surface area contributed by atoms with Crippen molar-refractivity contribution in [2.24, 2.45) is 5.92 Å². The van der Waals surface area contributed by atoms with Crippen LogP contribution in [0.1, 0.15) is 41.5 Å². The van der Waals surface area contributed by atoms with Crippen molar-refractivity contribution in [1.82, 2.24) is 0 Å². The monoisotopic (exact) mass is 445 g/mol. The molecule has 3 aliphatic rings. The Morgan fingerprint density at radius 3 is 2.73 bits per heavy atom. The number of nitrogens with one attached hydrogen (secondary N) is 1. The molecular formula is C27H27NO5. The van der Waals surface area contributed by atoms with E-state index in [-0.39, 0.29) is 5.91 Å². The van der Waals surface area contributed by atoms with E-state index in [9.17, 15) is 14.7 Å². The number of amides is 1. The Morgan fingerprint density at radius 1 is 1.18 bits per heavy atom. The number of carboxylic acids is 1. The first kappa shape index (κ1) is 21.3. The maximum Gasteiger partial charge on any atom is 0.310 e. The van der Waals surface area contributed by atoms with Crippen LogP contribution < -0.4 is 10.1 Å². The molecule has 1 heterocycles. The van der Waals surface area contributed by atoms with Gasteiger partial charge in [-0.1, -0.05) is 24.3 Å². The van der Waals surface area contributed by atoms with Crippen LogP contribution in [0.15, 0.2) is 54.3 Å². The topological polar surface area (TPSA) is 84.9 Å². The predicted octanol–water partition coefficient (Wildman–Crippen LogP) is 4.62. The second-order valence-electron chi connectivity index (χ2n) is 9.04. The number of hydrogen-bond donors (Lipinski definition) is 2. The van der Waals surface area contributed by atoms with Crippen LogP contribution in [0.25, 0.3) is 5.57 Å². The van der Waals surface area contributed by atoms with Gasteiger partial charge in [0.25, 0.3) is 0 Å². The van der Waals surface area contributed by atoms with E-state index >= 15 is 0 Å². The summed E-state index contributed by atoms with van der Waals surface area (Å²) in [5.41, 5.74) is 5.13. The van der Waals surface area contributed by atoms with Crippen LogP contribution in [0.5, 0.6) is 5.75 Å². The average Bonchev–Trinajstić information content (AvgIpc) is 3.50. The highest BCUT2D eigenvalue weighted by atomic mass is 16.5. The number of ether oxygens (including phenoxy) is 2. The van der Waals surface area contributed by atoms with E-state index < -0.39 is 17.3 Å². The van der Waals surface area contributed by atoms with E-state index in [1.54, 1.807) is 19.3 Å². The number of methoxy groups -OCH3 is 1. The van der Waals surface area contributed by atoms with E-state index in [0.29, 0.717) is 24.5 Å². The molecule has 1 fully saturated rings. The molecule has 2 aromatic rings. The molecule has 2 N–H and O–H groups in total. The van der Waals surface area contributed by atoms with Crippen LogP contribution in [0, 0.1) is 12.8 Å². The number of carbonyl (C=O) groups is 2. The largest absolute Gasteiger partial charge is 0.496 e. The number of carbonyl (C=O) groups excluding carboxylic acids is 1. The highest BCUT2D eigenvalue weighted by molar-refractivity contribution is 6.01. The number of aliphatic carboxylic acids is 1. The van der Waals surface area contributed by atoms with Crippen molar-refractivity contribution in [3.63, 3.8) is 0 Å². The van der Waals surface area contributed by atoms with Gasteiger partial charge in [-0.15, -0.1) is 0 Å². The summed E-state index contributed by atoms with van der Waals surface area (Å²) in [6.45, 7) is 2.67. The van der Waals surface area contributed by atoms with Gasteiger partial charge in [0.1, 0.15) is 11.5 Å². The molecule has 1 aliphatic heterocycles. The van der Waals surface area contributed by atoms with E-state index in [4.69, 9.17) is 9.47 Å². The zero-order chi connectivity index (χ0) is 23.2. The zero-order valence-corrected chi connectivity index (χ0v) is 18.8. The van der Waals surface area contributed by atoms with Crippen LogP contribution in [0.2, 0.25) is 0 Å². The Balaban J connectivity index is 1.42. The van der Waals surface area contributed by atoms with Crippen molar-refractivity contribution >= 4 is 23.1 Å². The predicted molar refractivity (Wildman–Crippen MR) is 125 cm³/mol. The molecule has 0 saturated heterocycles. The van der Waals surface area contributed by atoms with Gasteiger partial charge in [0.05, 0.1) is 25.0 Å². The smallest absolute Gasteiger partial charge is 0.310 e. The normalized spacial score (nSPS) is 20.1. The van der Waals surface area contributed by atoms with Gasteiger partial charge in [-0.2, -0.15) is 0 Å². The summed E-state index contributed by atoms with van der Waals surface area (Å²) in [6.07, 6.45) is 6.24. The first-order chi connectivity index (χ1) is 15.9. The molecule has 1 unspecified atom stereocenters. The SMILES string of the molecule is COC1=C(c2cc(NC(=O)C3(c4ccc5c(c4)CCO5)CC3)ccc2C)CC(C(=O)O)C=C1. The fraction of sp³-hybridized carbons (Fsp3) is 0.333. The molecule has 2 aromatic carbocycles. The fourth-order valence-electron chi connectivity index (χ4n) is 4.83. The Hall–Kier alpha value is -3.54. The fourth-order valence-corrected chi connectivity index (χ4v) is 4.83. The van der Waals surface area contributed by atoms with Crippen LogP contribution in [0.4, 0.5) is 5.69 Å². The summed E-state index contributed by atoms with van der Waals surface area (Å²) >= 11 is 0. The Morgan fingerprint density at radius 2 is 2.00 bits per heavy atom. The third-order valence-corrected chi connectivity index (χ3v) is 6.99. The van der Waals surface area contributed by atoms with Gasteiger partial charge >= 0.3 is 5.97 Å². The van der Waals surface area contributed by atoms with Crippen molar-refractivity contribution < 1.29 is 24.2 Å². The van der Waals surface area contributed by atoms with Crippen LogP contribution in [-0.4, -0.2) is 30.7 Å². The highest BCUT2D eigenvalue weighted by Gasteiger charge is 2.51. The quantitative estimate of drug-likeness (QED) is 0.678.